The molecule has 1 amide bonds. The topological polar surface area (TPSA) is 81.1 Å². The second kappa shape index (κ2) is 10.7. The van der Waals surface area contributed by atoms with Gasteiger partial charge in [-0.1, -0.05) is 41.9 Å². The number of rotatable bonds is 8. The van der Waals surface area contributed by atoms with Crippen LogP contribution in [0, 0.1) is 0 Å². The van der Waals surface area contributed by atoms with E-state index in [1.165, 1.54) is 11.9 Å². The Morgan fingerprint density at radius 2 is 1.86 bits per heavy atom. The molecule has 0 bridgehead atoms. The highest BCUT2D eigenvalue weighted by Crippen LogP contribution is 2.35. The number of anilines is 2. The summed E-state index contributed by atoms with van der Waals surface area (Å²) in [5.74, 6) is 1.02. The predicted octanol–water partition coefficient (Wildman–Crippen LogP) is 6.57. The number of ether oxygens (including phenoxy) is 1. The van der Waals surface area contributed by atoms with Crippen molar-refractivity contribution in [1.82, 2.24) is 14.5 Å². The Balaban J connectivity index is 1.27. The monoisotopic (exact) mass is 515 g/mol. The summed E-state index contributed by atoms with van der Waals surface area (Å²) in [7, 11) is 1.84. The zero-order chi connectivity index (χ0) is 24.9. The van der Waals surface area contributed by atoms with Gasteiger partial charge in [0.25, 0.3) is 5.91 Å². The van der Waals surface area contributed by atoms with E-state index < -0.39 is 0 Å². The van der Waals surface area contributed by atoms with Crippen LogP contribution in [0.4, 0.5) is 11.5 Å². The Morgan fingerprint density at radius 3 is 2.61 bits per heavy atom. The van der Waals surface area contributed by atoms with E-state index in [1.807, 2.05) is 78.3 Å². The first-order valence-electron chi connectivity index (χ1n) is 11.1. The third kappa shape index (κ3) is 5.30. The van der Waals surface area contributed by atoms with E-state index in [4.69, 9.17) is 16.3 Å². The molecule has 7 nitrogen and oxygen atoms in total. The fourth-order valence-electron chi connectivity index (χ4n) is 3.68. The number of benzene rings is 3. The molecule has 0 aliphatic heterocycles. The minimum absolute atomic E-state index is 0.227. The van der Waals surface area contributed by atoms with Crippen LogP contribution in [-0.4, -0.2) is 20.4 Å². The average Bonchev–Trinajstić information content (AvgIpc) is 3.26. The molecule has 0 spiro atoms. The van der Waals surface area contributed by atoms with Crippen molar-refractivity contribution in [2.24, 2.45) is 7.05 Å². The maximum absolute atomic E-state index is 13.1. The van der Waals surface area contributed by atoms with Gasteiger partial charge in [-0.25, -0.2) is 4.98 Å². The highest BCUT2D eigenvalue weighted by Gasteiger charge is 2.17. The van der Waals surface area contributed by atoms with Crippen LogP contribution in [0.1, 0.15) is 16.1 Å². The standard InChI is InChI=1S/C27H22ClN5O2S/c1-33-22-11-12-24(35-17-18-5-3-2-4-6-18)26(28)21(22)15-23(33)27(34)31-19-7-9-20(10-8-19)36-32-25-16-29-13-14-30-25/h2-16H,17H2,1H3,(H,30,32)(H,31,34). The maximum atomic E-state index is 13.1. The van der Waals surface area contributed by atoms with E-state index in [9.17, 15) is 4.79 Å². The Hall–Kier alpha value is -4.01. The lowest BCUT2D eigenvalue weighted by atomic mass is 10.2. The summed E-state index contributed by atoms with van der Waals surface area (Å²) in [5.41, 5.74) is 3.08. The van der Waals surface area contributed by atoms with Crippen molar-refractivity contribution in [2.75, 3.05) is 10.0 Å². The van der Waals surface area contributed by atoms with Gasteiger partial charge in [0, 0.05) is 35.4 Å². The molecule has 36 heavy (non-hydrogen) atoms. The second-order valence-electron chi connectivity index (χ2n) is 7.95. The lowest BCUT2D eigenvalue weighted by Gasteiger charge is -2.09. The van der Waals surface area contributed by atoms with Gasteiger partial charge in [0.1, 0.15) is 18.1 Å². The molecule has 5 rings (SSSR count). The van der Waals surface area contributed by atoms with E-state index in [0.29, 0.717) is 34.6 Å². The van der Waals surface area contributed by atoms with Crippen LogP contribution in [-0.2, 0) is 13.7 Å². The quantitative estimate of drug-likeness (QED) is 0.227. The lowest BCUT2D eigenvalue weighted by molar-refractivity contribution is 0.101. The summed E-state index contributed by atoms with van der Waals surface area (Å²) >= 11 is 8.08. The van der Waals surface area contributed by atoms with Crippen molar-refractivity contribution in [2.45, 2.75) is 11.5 Å². The first-order valence-corrected chi connectivity index (χ1v) is 12.3. The van der Waals surface area contributed by atoms with Crippen LogP contribution in [0.15, 0.2) is 96.3 Å². The summed E-state index contributed by atoms with van der Waals surface area (Å²) in [5, 5.41) is 4.20. The molecule has 3 aromatic carbocycles. The normalized spacial score (nSPS) is 10.8. The van der Waals surface area contributed by atoms with E-state index >= 15 is 0 Å². The largest absolute Gasteiger partial charge is 0.487 e. The number of carbonyl (C=O) groups is 1. The number of hydrogen-bond acceptors (Lipinski definition) is 6. The van der Waals surface area contributed by atoms with Crippen molar-refractivity contribution in [1.29, 1.82) is 0 Å². The Bertz CT molecular complexity index is 1490. The number of carbonyl (C=O) groups excluding carboxylic acids is 1. The van der Waals surface area contributed by atoms with Crippen molar-refractivity contribution >= 4 is 51.9 Å². The molecule has 2 N–H and O–H groups in total. The molecular formula is C27H22ClN5O2S. The number of nitrogens with zero attached hydrogens (tertiary/aromatic N) is 3. The van der Waals surface area contributed by atoms with Crippen molar-refractivity contribution in [3.8, 4) is 5.75 Å². The van der Waals surface area contributed by atoms with E-state index in [0.717, 1.165) is 21.4 Å². The van der Waals surface area contributed by atoms with Gasteiger partial charge in [-0.2, -0.15) is 0 Å². The summed E-state index contributed by atoms with van der Waals surface area (Å²) < 4.78 is 10.9. The molecule has 180 valence electrons. The van der Waals surface area contributed by atoms with E-state index in [-0.39, 0.29) is 5.91 Å². The molecule has 0 fully saturated rings. The molecule has 2 aromatic heterocycles. The molecule has 0 atom stereocenters. The molecule has 0 radical (unpaired) electrons. The summed E-state index contributed by atoms with van der Waals surface area (Å²) in [6.07, 6.45) is 4.89. The number of fused-ring (bicyclic) bond motifs is 1. The van der Waals surface area contributed by atoms with Crippen LogP contribution in [0.3, 0.4) is 0 Å². The van der Waals surface area contributed by atoms with Gasteiger partial charge in [0.2, 0.25) is 0 Å². The molecule has 0 unspecified atom stereocenters. The maximum Gasteiger partial charge on any atom is 0.272 e. The van der Waals surface area contributed by atoms with Crippen molar-refractivity contribution in [3.63, 3.8) is 0 Å². The fourth-order valence-corrected chi connectivity index (χ4v) is 4.55. The van der Waals surface area contributed by atoms with Gasteiger partial charge in [-0.3, -0.25) is 9.78 Å². The van der Waals surface area contributed by atoms with E-state index in [1.54, 1.807) is 24.7 Å². The van der Waals surface area contributed by atoms with Crippen LogP contribution in [0.5, 0.6) is 5.75 Å². The van der Waals surface area contributed by atoms with Gasteiger partial charge in [-0.05, 0) is 60.0 Å². The smallest absolute Gasteiger partial charge is 0.272 e. The summed E-state index contributed by atoms with van der Waals surface area (Å²) in [4.78, 5) is 22.2. The molecular weight excluding hydrogens is 494 g/mol. The average molecular weight is 516 g/mol. The third-order valence-electron chi connectivity index (χ3n) is 5.54. The Kier molecular flexibility index (Phi) is 7.06. The predicted molar refractivity (Wildman–Crippen MR) is 145 cm³/mol. The van der Waals surface area contributed by atoms with Crippen molar-refractivity contribution in [3.05, 3.63) is 108 Å². The second-order valence-corrected chi connectivity index (χ2v) is 9.20. The highest BCUT2D eigenvalue weighted by atomic mass is 35.5. The number of aryl methyl sites for hydroxylation is 1. The Labute approximate surface area is 217 Å². The molecule has 0 saturated carbocycles. The number of nitrogens with one attached hydrogen (secondary N) is 2. The first-order chi connectivity index (χ1) is 17.6. The van der Waals surface area contributed by atoms with Crippen LogP contribution in [0.2, 0.25) is 5.02 Å². The van der Waals surface area contributed by atoms with Gasteiger partial charge < -0.3 is 19.3 Å². The zero-order valence-electron chi connectivity index (χ0n) is 19.3. The molecule has 0 aliphatic carbocycles. The fraction of sp³-hybridized carbons (Fsp3) is 0.0741. The minimum atomic E-state index is -0.227. The van der Waals surface area contributed by atoms with Crippen LogP contribution < -0.4 is 14.8 Å². The van der Waals surface area contributed by atoms with Crippen molar-refractivity contribution < 1.29 is 9.53 Å². The summed E-state index contributed by atoms with van der Waals surface area (Å²) in [6.45, 7) is 0.412. The van der Waals surface area contributed by atoms with Gasteiger partial charge in [-0.15, -0.1) is 0 Å². The number of amides is 1. The third-order valence-corrected chi connectivity index (χ3v) is 6.75. The molecule has 2 heterocycles. The molecule has 0 saturated heterocycles. The molecule has 9 heteroatoms. The number of halogens is 1. The van der Waals surface area contributed by atoms with Gasteiger partial charge in [0.05, 0.1) is 16.7 Å². The Morgan fingerprint density at radius 1 is 1.06 bits per heavy atom. The van der Waals surface area contributed by atoms with Crippen LogP contribution >= 0.6 is 23.5 Å². The van der Waals surface area contributed by atoms with Gasteiger partial charge >= 0.3 is 0 Å². The van der Waals surface area contributed by atoms with E-state index in [2.05, 4.69) is 20.0 Å². The molecule has 5 aromatic rings. The van der Waals surface area contributed by atoms with Crippen LogP contribution in [0.25, 0.3) is 10.9 Å². The molecule has 0 aliphatic rings. The van der Waals surface area contributed by atoms with Gasteiger partial charge in [0.15, 0.2) is 5.82 Å². The lowest BCUT2D eigenvalue weighted by Crippen LogP contribution is -2.15. The first kappa shape index (κ1) is 23.7. The SMILES string of the molecule is Cn1c(C(=O)Nc2ccc(SNc3cnccn3)cc2)cc2c(Cl)c(OCc3ccccc3)ccc21. The minimum Gasteiger partial charge on any atom is -0.487 e. The number of aromatic nitrogens is 3. The number of hydrogen-bond donors (Lipinski definition) is 2. The summed E-state index contributed by atoms with van der Waals surface area (Å²) in [6, 6.07) is 23.0. The zero-order valence-corrected chi connectivity index (χ0v) is 20.9. The highest BCUT2D eigenvalue weighted by molar-refractivity contribution is 8.00.